The van der Waals surface area contributed by atoms with E-state index in [2.05, 4.69) is 275 Å². The molecule has 0 spiro atoms. The van der Waals surface area contributed by atoms with Gasteiger partial charge in [-0.15, -0.1) is 0 Å². The Morgan fingerprint density at radius 1 is 0.233 bits per heavy atom. The minimum atomic E-state index is -0.215. The molecule has 116 heavy (non-hydrogen) atoms. The van der Waals surface area contributed by atoms with Crippen molar-refractivity contribution < 1.29 is 37.0 Å². The zero-order chi connectivity index (χ0) is 78.7. The topological polar surface area (TPSA) is 196 Å². The van der Waals surface area contributed by atoms with Crippen LogP contribution in [0.3, 0.4) is 0 Å². The number of benzene rings is 3. The molecule has 558 valence electrons. The summed E-state index contributed by atoms with van der Waals surface area (Å²) >= 11 is 0. The van der Waals surface area contributed by atoms with Crippen molar-refractivity contribution in [2.24, 2.45) is 42.3 Å². The average molecular weight is 1510 g/mol. The number of amides is 2. The molecule has 2 amide bonds. The summed E-state index contributed by atoms with van der Waals surface area (Å²) in [5.41, 5.74) is 31.6. The van der Waals surface area contributed by atoms with Gasteiger partial charge in [-0.1, -0.05) is 48.5 Å². The first-order valence-electron chi connectivity index (χ1n) is 38.6. The van der Waals surface area contributed by atoms with Gasteiger partial charge in [-0.2, -0.15) is 0 Å². The van der Waals surface area contributed by atoms with Crippen LogP contribution in [0.2, 0.25) is 0 Å². The fourth-order valence-corrected chi connectivity index (χ4v) is 15.8. The standard InChI is InChI=1S/C98H76N16O2/c1-109-47-35-65(36-48-109)91-77-23-19-73(101-77)89(74-20-24-78(102-74)92(66-37-49-110(2)50-38-66)82-28-32-86(106-82)95(85-31-27-81(91)105-85)69-43-55-113(5)56-44-69)63-11-15-71(16-12-63)97(115)99-59-61-7-9-62(10-8-61)60-100-98(116)72-17-13-64(14-18-72)90-75-21-25-79(103-75)93(67-39-51-111(3)52-40-67)83-29-33-87(107-83)96(70-45-57-114(6)58-46-70)88-34-30-84(108-88)94(80-26-22-76(90)104-80)68-41-53-112(4)54-42-68/h7-58H,59-60H2,1-6H3,(H2-2,99,100,101,102,103,104,105,106,107,108,115,116)/q+2/p+4. The summed E-state index contributed by atoms with van der Waals surface area (Å²) in [4.78, 5) is 65.6. The second kappa shape index (κ2) is 29.7. The van der Waals surface area contributed by atoms with E-state index in [9.17, 15) is 9.59 Å². The Kier molecular flexibility index (Phi) is 18.2. The number of H-pyrrole nitrogens is 4. The SMILES string of the molecule is C[n+]1ccc(-c2c3nc(c(-c4cc[n+](C)cc4)c4ccc([nH]4)c(-c4cc[n+](C)cc4)c4nc(c(-c5ccc(C(=O)NCc6ccc(CNC(=O)c7ccc(-c8c9nc(c(-c%10cc[n+](C)cc%10)c%10ccc([nH]%10)c(-c%10cc[n+](C)cc%10)c%10nc(c(-c%11cc[n+](C)cc%11)c%11ccc8[nH]%11)C=C%10)C=C9)cc7)cc6)cc5)c5ccc2[nH]5)C=C4)C=C3)cc1. The van der Waals surface area contributed by atoms with Gasteiger partial charge in [-0.05, 0) is 177 Å². The van der Waals surface area contributed by atoms with E-state index in [0.717, 1.165) is 190 Å². The molecule has 6 N–H and O–H groups in total. The number of hydrogen-bond donors (Lipinski definition) is 6. The van der Waals surface area contributed by atoms with Crippen LogP contribution in [0.15, 0.2) is 268 Å². The smallest absolute Gasteiger partial charge is 0.251 e. The van der Waals surface area contributed by atoms with Crippen molar-refractivity contribution in [3.05, 3.63) is 336 Å². The van der Waals surface area contributed by atoms with Gasteiger partial charge in [0.25, 0.3) is 11.8 Å². The molecule has 12 aromatic heterocycles. The zero-order valence-electron chi connectivity index (χ0n) is 64.7. The number of nitrogens with one attached hydrogen (secondary N) is 6. The number of rotatable bonds is 14. The molecule has 16 heterocycles. The molecular formula is C98H80N16O2+6. The fraction of sp³-hybridized carbons (Fsp3) is 0.0816. The lowest BCUT2D eigenvalue weighted by atomic mass is 10.0. The molecule has 19 rings (SSSR count). The molecule has 0 saturated carbocycles. The van der Waals surface area contributed by atoms with Crippen LogP contribution < -0.4 is 38.0 Å². The van der Waals surface area contributed by atoms with Crippen LogP contribution in [0.1, 0.15) is 77.4 Å². The molecule has 0 saturated heterocycles. The highest BCUT2D eigenvalue weighted by Gasteiger charge is 2.25. The van der Waals surface area contributed by atoms with Crippen LogP contribution in [-0.4, -0.2) is 51.7 Å². The number of carbonyl (C=O) groups is 2. The van der Waals surface area contributed by atoms with E-state index >= 15 is 0 Å². The number of nitrogens with zero attached hydrogens (tertiary/aromatic N) is 10. The molecular weight excluding hydrogens is 1430 g/mol. The highest BCUT2D eigenvalue weighted by molar-refractivity contribution is 6.04. The molecule has 4 aliphatic heterocycles. The van der Waals surface area contributed by atoms with Gasteiger partial charge < -0.3 is 30.6 Å². The van der Waals surface area contributed by atoms with Crippen molar-refractivity contribution in [2.75, 3.05) is 0 Å². The van der Waals surface area contributed by atoms with Gasteiger partial charge in [0.1, 0.15) is 42.3 Å². The van der Waals surface area contributed by atoms with Gasteiger partial charge >= 0.3 is 0 Å². The van der Waals surface area contributed by atoms with Gasteiger partial charge in [-0.25, -0.2) is 47.3 Å². The van der Waals surface area contributed by atoms with E-state index in [-0.39, 0.29) is 11.8 Å². The van der Waals surface area contributed by atoms with E-state index in [1.165, 1.54) is 0 Å². The molecule has 0 aliphatic carbocycles. The maximum Gasteiger partial charge on any atom is 0.251 e. The van der Waals surface area contributed by atoms with Crippen molar-refractivity contribution in [1.82, 2.24) is 50.5 Å². The number of aromatic nitrogens is 14. The van der Waals surface area contributed by atoms with Gasteiger partial charge in [0.15, 0.2) is 74.4 Å². The summed E-state index contributed by atoms with van der Waals surface area (Å²) in [6.45, 7) is 0.585. The summed E-state index contributed by atoms with van der Waals surface area (Å²) in [5.74, 6) is -0.430. The first kappa shape index (κ1) is 71.0. The molecule has 3 aromatic carbocycles. The monoisotopic (exact) mass is 1510 g/mol. The number of hydrogen-bond acceptors (Lipinski definition) is 6. The maximum atomic E-state index is 14.1. The lowest BCUT2D eigenvalue weighted by Crippen LogP contribution is -2.25. The van der Waals surface area contributed by atoms with E-state index in [4.69, 9.17) is 19.9 Å². The Morgan fingerprint density at radius 2 is 0.397 bits per heavy atom. The largest absolute Gasteiger partial charge is 0.354 e. The van der Waals surface area contributed by atoms with Crippen LogP contribution in [-0.2, 0) is 55.4 Å². The fourth-order valence-electron chi connectivity index (χ4n) is 15.8. The highest BCUT2D eigenvalue weighted by atomic mass is 16.2. The quantitative estimate of drug-likeness (QED) is 0.0586. The Hall–Kier alpha value is -15.3. The number of fused-ring (bicyclic) bond motifs is 16. The lowest BCUT2D eigenvalue weighted by molar-refractivity contribution is -0.671. The molecule has 0 radical (unpaired) electrons. The summed E-state index contributed by atoms with van der Waals surface area (Å²) in [6, 6.07) is 65.9. The Morgan fingerprint density at radius 3 is 0.569 bits per heavy atom. The van der Waals surface area contributed by atoms with E-state index < -0.39 is 0 Å². The van der Waals surface area contributed by atoms with E-state index in [0.29, 0.717) is 24.2 Å². The van der Waals surface area contributed by atoms with Crippen molar-refractivity contribution >= 4 is 105 Å². The molecule has 16 bridgehead atoms. The number of carbonyl (C=O) groups excluding carboxylic acids is 2. The third-order valence-electron chi connectivity index (χ3n) is 21.9. The molecule has 18 heteroatoms. The lowest BCUT2D eigenvalue weighted by Gasteiger charge is -2.10. The Bertz CT molecular complexity index is 6460. The number of pyridine rings is 6. The summed E-state index contributed by atoms with van der Waals surface area (Å²) in [5, 5.41) is 6.30. The normalized spacial score (nSPS) is 12.1. The summed E-state index contributed by atoms with van der Waals surface area (Å²) in [6.07, 6.45) is 41.5. The first-order chi connectivity index (χ1) is 56.7. The molecule has 0 fully saturated rings. The highest BCUT2D eigenvalue weighted by Crippen LogP contribution is 2.42. The zero-order valence-corrected chi connectivity index (χ0v) is 64.7. The van der Waals surface area contributed by atoms with Crippen LogP contribution >= 0.6 is 0 Å². The van der Waals surface area contributed by atoms with Gasteiger partial charge in [0, 0.05) is 186 Å². The minimum Gasteiger partial charge on any atom is -0.354 e. The Balaban J connectivity index is 0.599. The van der Waals surface area contributed by atoms with Gasteiger partial charge in [0.05, 0.1) is 45.6 Å². The molecule has 0 unspecified atom stereocenters. The van der Waals surface area contributed by atoms with E-state index in [1.807, 2.05) is 142 Å². The Labute approximate surface area is 668 Å². The first-order valence-corrected chi connectivity index (χ1v) is 38.6. The summed E-state index contributed by atoms with van der Waals surface area (Å²) < 4.78 is 12.2. The number of aryl methyl sites for hydroxylation is 6. The van der Waals surface area contributed by atoms with Gasteiger partial charge in [0.2, 0.25) is 0 Å². The van der Waals surface area contributed by atoms with Crippen molar-refractivity contribution in [1.29, 1.82) is 0 Å². The van der Waals surface area contributed by atoms with Crippen molar-refractivity contribution in [3.63, 3.8) is 0 Å². The van der Waals surface area contributed by atoms with Crippen LogP contribution in [0.5, 0.6) is 0 Å². The van der Waals surface area contributed by atoms with Crippen LogP contribution in [0, 0.1) is 0 Å². The second-order valence-corrected chi connectivity index (χ2v) is 29.9. The average Bonchev–Trinajstić information content (AvgIpc) is 1.62. The second-order valence-electron chi connectivity index (χ2n) is 29.9. The predicted octanol–water partition coefficient (Wildman–Crippen LogP) is 15.8. The molecule has 4 aliphatic rings. The van der Waals surface area contributed by atoms with Crippen molar-refractivity contribution in [2.45, 2.75) is 13.1 Å². The molecule has 0 atom stereocenters. The van der Waals surface area contributed by atoms with Crippen LogP contribution in [0.25, 0.3) is 182 Å². The number of aromatic amines is 4. The van der Waals surface area contributed by atoms with Crippen LogP contribution in [0.4, 0.5) is 0 Å². The van der Waals surface area contributed by atoms with E-state index in [1.54, 1.807) is 0 Å². The minimum absolute atomic E-state index is 0.215. The van der Waals surface area contributed by atoms with Crippen molar-refractivity contribution in [3.8, 4) is 89.0 Å². The maximum absolute atomic E-state index is 14.1. The van der Waals surface area contributed by atoms with Gasteiger partial charge in [-0.3, -0.25) is 9.59 Å². The molecule has 15 aromatic rings. The predicted molar refractivity (Wildman–Crippen MR) is 457 cm³/mol. The summed E-state index contributed by atoms with van der Waals surface area (Å²) in [7, 11) is 12.1. The third-order valence-corrected chi connectivity index (χ3v) is 21.9. The molecule has 18 nitrogen and oxygen atoms in total. The third kappa shape index (κ3) is 13.9.